The number of benzene rings is 1. The SMILES string of the molecule is CCNC(=NCCNC(=O)c1cccc(Br)c1)NC1CCS(=O)(=O)C1. The van der Waals surface area contributed by atoms with Gasteiger partial charge in [-0.2, -0.15) is 0 Å². The molecule has 0 bridgehead atoms. The Bertz CT molecular complexity index is 737. The molecule has 1 atom stereocenters. The van der Waals surface area contributed by atoms with E-state index in [4.69, 9.17) is 0 Å². The average Bonchev–Trinajstić information content (AvgIpc) is 2.90. The first-order valence-corrected chi connectivity index (χ1v) is 10.8. The minimum Gasteiger partial charge on any atom is -0.357 e. The zero-order valence-corrected chi connectivity index (χ0v) is 16.5. The van der Waals surface area contributed by atoms with Gasteiger partial charge in [-0.05, 0) is 31.5 Å². The fourth-order valence-corrected chi connectivity index (χ4v) is 4.56. The molecular formula is C16H23BrN4O3S. The highest BCUT2D eigenvalue weighted by Gasteiger charge is 2.28. The maximum Gasteiger partial charge on any atom is 0.251 e. The van der Waals surface area contributed by atoms with Crippen LogP contribution in [-0.4, -0.2) is 57.5 Å². The second-order valence-corrected chi connectivity index (χ2v) is 8.92. The Morgan fingerprint density at radius 2 is 2.16 bits per heavy atom. The molecule has 1 unspecified atom stereocenters. The molecule has 1 heterocycles. The first-order valence-electron chi connectivity index (χ1n) is 8.18. The molecule has 2 rings (SSSR count). The van der Waals surface area contributed by atoms with Crippen molar-refractivity contribution >= 4 is 37.6 Å². The second kappa shape index (κ2) is 9.19. The molecule has 0 saturated carbocycles. The Kier molecular flexibility index (Phi) is 7.24. The maximum atomic E-state index is 12.0. The van der Waals surface area contributed by atoms with E-state index in [1.165, 1.54) is 0 Å². The number of halogens is 1. The summed E-state index contributed by atoms with van der Waals surface area (Å²) in [6, 6.07) is 7.05. The highest BCUT2D eigenvalue weighted by Crippen LogP contribution is 2.12. The third-order valence-electron chi connectivity index (χ3n) is 3.67. The first kappa shape index (κ1) is 19.7. The zero-order valence-electron chi connectivity index (χ0n) is 14.1. The summed E-state index contributed by atoms with van der Waals surface area (Å²) >= 11 is 3.34. The lowest BCUT2D eigenvalue weighted by molar-refractivity contribution is 0.0954. The van der Waals surface area contributed by atoms with Crippen molar-refractivity contribution in [2.45, 2.75) is 19.4 Å². The van der Waals surface area contributed by atoms with Crippen LogP contribution in [0.1, 0.15) is 23.7 Å². The number of amides is 1. The summed E-state index contributed by atoms with van der Waals surface area (Å²) in [5.41, 5.74) is 0.583. The van der Waals surface area contributed by atoms with Gasteiger partial charge in [0, 0.05) is 29.2 Å². The number of aliphatic imine (C=N–C) groups is 1. The lowest BCUT2D eigenvalue weighted by atomic mass is 10.2. The Morgan fingerprint density at radius 3 is 2.80 bits per heavy atom. The van der Waals surface area contributed by atoms with E-state index in [2.05, 4.69) is 36.9 Å². The van der Waals surface area contributed by atoms with Gasteiger partial charge in [0.25, 0.3) is 5.91 Å². The topological polar surface area (TPSA) is 99.7 Å². The summed E-state index contributed by atoms with van der Waals surface area (Å²) in [6.07, 6.45) is 0.590. The molecule has 0 aromatic heterocycles. The molecule has 1 aromatic rings. The third-order valence-corrected chi connectivity index (χ3v) is 5.93. The quantitative estimate of drug-likeness (QED) is 0.354. The number of carbonyl (C=O) groups is 1. The predicted molar refractivity (Wildman–Crippen MR) is 103 cm³/mol. The Balaban J connectivity index is 1.82. The van der Waals surface area contributed by atoms with Crippen molar-refractivity contribution in [3.63, 3.8) is 0 Å². The van der Waals surface area contributed by atoms with Gasteiger partial charge in [-0.25, -0.2) is 8.42 Å². The number of hydrogen-bond acceptors (Lipinski definition) is 4. The van der Waals surface area contributed by atoms with Crippen molar-refractivity contribution in [2.24, 2.45) is 4.99 Å². The molecule has 138 valence electrons. The van der Waals surface area contributed by atoms with E-state index in [1.807, 2.05) is 13.0 Å². The summed E-state index contributed by atoms with van der Waals surface area (Å²) in [4.78, 5) is 16.4. The van der Waals surface area contributed by atoms with Crippen LogP contribution in [0, 0.1) is 0 Å². The van der Waals surface area contributed by atoms with E-state index in [-0.39, 0.29) is 23.5 Å². The van der Waals surface area contributed by atoms with Crippen LogP contribution in [0.25, 0.3) is 0 Å². The van der Waals surface area contributed by atoms with E-state index < -0.39 is 9.84 Å². The average molecular weight is 431 g/mol. The van der Waals surface area contributed by atoms with E-state index in [0.717, 1.165) is 4.47 Å². The smallest absolute Gasteiger partial charge is 0.251 e. The number of rotatable bonds is 6. The van der Waals surface area contributed by atoms with Gasteiger partial charge >= 0.3 is 0 Å². The van der Waals surface area contributed by atoms with Gasteiger partial charge in [0.05, 0.1) is 18.1 Å². The molecule has 7 nitrogen and oxygen atoms in total. The number of sulfone groups is 1. The van der Waals surface area contributed by atoms with Crippen molar-refractivity contribution in [1.29, 1.82) is 0 Å². The summed E-state index contributed by atoms with van der Waals surface area (Å²) in [5.74, 6) is 0.765. The Hall–Kier alpha value is -1.61. The standard InChI is InChI=1S/C16H23BrN4O3S/c1-2-18-16(21-14-6-9-25(23,24)11-14)20-8-7-19-15(22)12-4-3-5-13(17)10-12/h3-5,10,14H,2,6-9,11H2,1H3,(H,19,22)(H2,18,20,21). The monoisotopic (exact) mass is 430 g/mol. The molecule has 1 saturated heterocycles. The van der Waals surface area contributed by atoms with Crippen LogP contribution in [0.5, 0.6) is 0 Å². The molecule has 1 aliphatic rings. The number of guanidine groups is 1. The van der Waals surface area contributed by atoms with Gasteiger partial charge in [-0.1, -0.05) is 22.0 Å². The molecule has 25 heavy (non-hydrogen) atoms. The molecule has 0 radical (unpaired) electrons. The fraction of sp³-hybridized carbons (Fsp3) is 0.500. The number of hydrogen-bond donors (Lipinski definition) is 3. The van der Waals surface area contributed by atoms with Gasteiger partial charge in [0.2, 0.25) is 0 Å². The number of nitrogens with one attached hydrogen (secondary N) is 3. The van der Waals surface area contributed by atoms with E-state index in [1.54, 1.807) is 18.2 Å². The molecule has 1 aromatic carbocycles. The van der Waals surface area contributed by atoms with Gasteiger partial charge in [0.15, 0.2) is 15.8 Å². The van der Waals surface area contributed by atoms with E-state index >= 15 is 0 Å². The van der Waals surface area contributed by atoms with Gasteiger partial charge in [-0.3, -0.25) is 9.79 Å². The van der Waals surface area contributed by atoms with Crippen LogP contribution in [-0.2, 0) is 9.84 Å². The Morgan fingerprint density at radius 1 is 1.36 bits per heavy atom. The maximum absolute atomic E-state index is 12.0. The van der Waals surface area contributed by atoms with Crippen molar-refractivity contribution in [3.05, 3.63) is 34.3 Å². The lowest BCUT2D eigenvalue weighted by Crippen LogP contribution is -2.44. The summed E-state index contributed by atoms with van der Waals surface area (Å²) < 4.78 is 23.9. The van der Waals surface area contributed by atoms with Crippen molar-refractivity contribution in [3.8, 4) is 0 Å². The second-order valence-electron chi connectivity index (χ2n) is 5.77. The van der Waals surface area contributed by atoms with E-state index in [9.17, 15) is 13.2 Å². The van der Waals surface area contributed by atoms with Crippen molar-refractivity contribution in [2.75, 3.05) is 31.1 Å². The van der Waals surface area contributed by atoms with Crippen LogP contribution in [0.2, 0.25) is 0 Å². The summed E-state index contributed by atoms with van der Waals surface area (Å²) in [5, 5.41) is 9.04. The lowest BCUT2D eigenvalue weighted by Gasteiger charge is -2.15. The molecule has 1 aliphatic heterocycles. The predicted octanol–water partition coefficient (Wildman–Crippen LogP) is 0.921. The molecule has 9 heteroatoms. The largest absolute Gasteiger partial charge is 0.357 e. The molecule has 0 aliphatic carbocycles. The van der Waals surface area contributed by atoms with Crippen LogP contribution in [0.3, 0.4) is 0 Å². The van der Waals surface area contributed by atoms with Gasteiger partial charge in [0.1, 0.15) is 0 Å². The van der Waals surface area contributed by atoms with Gasteiger partial charge < -0.3 is 16.0 Å². The highest BCUT2D eigenvalue weighted by atomic mass is 79.9. The van der Waals surface area contributed by atoms with Crippen LogP contribution >= 0.6 is 15.9 Å². The normalized spacial score (nSPS) is 19.4. The minimum atomic E-state index is -2.93. The summed E-state index contributed by atoms with van der Waals surface area (Å²) in [7, 11) is -2.93. The molecule has 0 spiro atoms. The fourth-order valence-electron chi connectivity index (χ4n) is 2.49. The molecule has 1 fully saturated rings. The van der Waals surface area contributed by atoms with Crippen LogP contribution in [0.4, 0.5) is 0 Å². The molecule has 3 N–H and O–H groups in total. The van der Waals surface area contributed by atoms with Gasteiger partial charge in [-0.15, -0.1) is 0 Å². The molecular weight excluding hydrogens is 408 g/mol. The van der Waals surface area contributed by atoms with E-state index in [0.29, 0.717) is 37.6 Å². The van der Waals surface area contributed by atoms with Crippen LogP contribution < -0.4 is 16.0 Å². The van der Waals surface area contributed by atoms with Crippen molar-refractivity contribution < 1.29 is 13.2 Å². The number of carbonyl (C=O) groups excluding carboxylic acids is 1. The Labute approximate surface area is 156 Å². The zero-order chi connectivity index (χ0) is 18.3. The third kappa shape index (κ3) is 6.66. The minimum absolute atomic E-state index is 0.112. The highest BCUT2D eigenvalue weighted by molar-refractivity contribution is 9.10. The number of nitrogens with zero attached hydrogens (tertiary/aromatic N) is 1. The van der Waals surface area contributed by atoms with Crippen LogP contribution in [0.15, 0.2) is 33.7 Å². The summed E-state index contributed by atoms with van der Waals surface area (Å²) in [6.45, 7) is 3.41. The first-order chi connectivity index (χ1) is 11.9. The van der Waals surface area contributed by atoms with Crippen molar-refractivity contribution in [1.82, 2.24) is 16.0 Å². The molecule has 1 amide bonds.